The fourth-order valence-corrected chi connectivity index (χ4v) is 2.72. The number of aryl methyl sites for hydroxylation is 2. The largest absolute Gasteiger partial charge is 0.477 e. The van der Waals surface area contributed by atoms with Crippen molar-refractivity contribution in [2.45, 2.75) is 13.8 Å². The van der Waals surface area contributed by atoms with Crippen LogP contribution < -0.4 is 0 Å². The summed E-state index contributed by atoms with van der Waals surface area (Å²) in [5.41, 5.74) is 5.01. The molecule has 3 nitrogen and oxygen atoms in total. The Morgan fingerprint density at radius 3 is 2.45 bits per heavy atom. The van der Waals surface area contributed by atoms with Gasteiger partial charge in [-0.3, -0.25) is 0 Å². The maximum Gasteiger partial charge on any atom is 0.352 e. The number of benzene rings is 2. The van der Waals surface area contributed by atoms with Crippen molar-refractivity contribution in [2.24, 2.45) is 0 Å². The molecule has 3 heteroatoms. The number of carboxylic acid groups (broad SMARTS) is 1. The first kappa shape index (κ1) is 12.5. The van der Waals surface area contributed by atoms with Gasteiger partial charge in [-0.25, -0.2) is 4.79 Å². The highest BCUT2D eigenvalue weighted by molar-refractivity contribution is 6.08. The maximum atomic E-state index is 11.5. The number of hydrogen-bond donors (Lipinski definition) is 2. The van der Waals surface area contributed by atoms with E-state index in [0.29, 0.717) is 0 Å². The van der Waals surface area contributed by atoms with E-state index in [0.717, 1.165) is 33.2 Å². The molecule has 0 atom stereocenters. The number of aromatic carboxylic acids is 1. The highest BCUT2D eigenvalue weighted by Gasteiger charge is 2.19. The van der Waals surface area contributed by atoms with E-state index in [4.69, 9.17) is 0 Å². The number of carboxylic acids is 1. The molecular formula is C17H15NO2. The number of hydrogen-bond acceptors (Lipinski definition) is 1. The molecule has 0 aliphatic heterocycles. The zero-order chi connectivity index (χ0) is 14.3. The Morgan fingerprint density at radius 1 is 1.10 bits per heavy atom. The van der Waals surface area contributed by atoms with Crippen molar-refractivity contribution in [3.05, 3.63) is 59.3 Å². The molecule has 0 saturated carbocycles. The fraction of sp³-hybridized carbons (Fsp3) is 0.118. The fourth-order valence-electron chi connectivity index (χ4n) is 2.72. The quantitative estimate of drug-likeness (QED) is 0.731. The van der Waals surface area contributed by atoms with E-state index < -0.39 is 5.97 Å². The van der Waals surface area contributed by atoms with E-state index in [1.807, 2.05) is 50.2 Å². The first-order chi connectivity index (χ1) is 9.58. The van der Waals surface area contributed by atoms with Gasteiger partial charge in [0.05, 0.1) is 0 Å². The van der Waals surface area contributed by atoms with Crippen LogP contribution in [0, 0.1) is 13.8 Å². The number of aromatic nitrogens is 1. The van der Waals surface area contributed by atoms with Gasteiger partial charge in [-0.2, -0.15) is 0 Å². The molecule has 0 saturated heterocycles. The van der Waals surface area contributed by atoms with Gasteiger partial charge in [0.1, 0.15) is 5.69 Å². The van der Waals surface area contributed by atoms with Gasteiger partial charge in [0.25, 0.3) is 0 Å². The Balaban J connectivity index is 2.44. The predicted molar refractivity (Wildman–Crippen MR) is 80.2 cm³/mol. The lowest BCUT2D eigenvalue weighted by atomic mass is 9.99. The smallest absolute Gasteiger partial charge is 0.352 e. The molecule has 1 aromatic heterocycles. The van der Waals surface area contributed by atoms with Gasteiger partial charge in [-0.05, 0) is 31.0 Å². The molecule has 0 radical (unpaired) electrons. The van der Waals surface area contributed by atoms with Crippen LogP contribution in [0.4, 0.5) is 0 Å². The minimum atomic E-state index is -0.933. The summed E-state index contributed by atoms with van der Waals surface area (Å²) in [6.45, 7) is 4.01. The Morgan fingerprint density at radius 2 is 1.80 bits per heavy atom. The minimum Gasteiger partial charge on any atom is -0.477 e. The second kappa shape index (κ2) is 4.53. The molecule has 1 heterocycles. The van der Waals surface area contributed by atoms with Gasteiger partial charge < -0.3 is 10.1 Å². The van der Waals surface area contributed by atoms with Crippen molar-refractivity contribution in [3.8, 4) is 11.1 Å². The summed E-state index contributed by atoms with van der Waals surface area (Å²) in [4.78, 5) is 14.6. The van der Waals surface area contributed by atoms with Crippen molar-refractivity contribution < 1.29 is 9.90 Å². The average Bonchev–Trinajstić information content (AvgIpc) is 2.79. The molecule has 20 heavy (non-hydrogen) atoms. The molecule has 0 bridgehead atoms. The highest BCUT2D eigenvalue weighted by Crippen LogP contribution is 2.34. The highest BCUT2D eigenvalue weighted by atomic mass is 16.4. The first-order valence-electron chi connectivity index (χ1n) is 6.49. The molecule has 3 rings (SSSR count). The number of nitrogens with one attached hydrogen (secondary N) is 1. The lowest BCUT2D eigenvalue weighted by Crippen LogP contribution is -1.98. The monoisotopic (exact) mass is 265 g/mol. The average molecular weight is 265 g/mol. The summed E-state index contributed by atoms with van der Waals surface area (Å²) in [6.07, 6.45) is 0. The van der Waals surface area contributed by atoms with Crippen LogP contribution in [0.2, 0.25) is 0 Å². The third kappa shape index (κ3) is 1.88. The molecule has 0 aliphatic rings. The van der Waals surface area contributed by atoms with Crippen molar-refractivity contribution in [1.29, 1.82) is 0 Å². The zero-order valence-corrected chi connectivity index (χ0v) is 11.4. The SMILES string of the molecule is Cc1cc(C)c2[nH]c(C(=O)O)c(-c3ccccc3)c2c1. The van der Waals surface area contributed by atoms with E-state index in [9.17, 15) is 9.90 Å². The van der Waals surface area contributed by atoms with Crippen LogP contribution in [0.3, 0.4) is 0 Å². The van der Waals surface area contributed by atoms with Crippen LogP contribution in [0.25, 0.3) is 22.0 Å². The maximum absolute atomic E-state index is 11.5. The van der Waals surface area contributed by atoms with Crippen LogP contribution in [0.15, 0.2) is 42.5 Å². The number of fused-ring (bicyclic) bond motifs is 1. The van der Waals surface area contributed by atoms with E-state index in [1.165, 1.54) is 0 Å². The Bertz CT molecular complexity index is 801. The molecular weight excluding hydrogens is 250 g/mol. The van der Waals surface area contributed by atoms with Gasteiger partial charge in [-0.15, -0.1) is 0 Å². The topological polar surface area (TPSA) is 53.1 Å². The zero-order valence-electron chi connectivity index (χ0n) is 11.4. The van der Waals surface area contributed by atoms with Gasteiger partial charge in [0, 0.05) is 16.5 Å². The summed E-state index contributed by atoms with van der Waals surface area (Å²) in [6, 6.07) is 13.7. The summed E-state index contributed by atoms with van der Waals surface area (Å²) < 4.78 is 0. The summed E-state index contributed by atoms with van der Waals surface area (Å²) >= 11 is 0. The molecule has 0 fully saturated rings. The molecule has 100 valence electrons. The van der Waals surface area contributed by atoms with Crippen LogP contribution in [0.5, 0.6) is 0 Å². The third-order valence-corrected chi connectivity index (χ3v) is 3.53. The minimum absolute atomic E-state index is 0.250. The lowest BCUT2D eigenvalue weighted by Gasteiger charge is -2.03. The van der Waals surface area contributed by atoms with Gasteiger partial charge in [0.15, 0.2) is 0 Å². The Hall–Kier alpha value is -2.55. The van der Waals surface area contributed by atoms with Crippen LogP contribution in [-0.4, -0.2) is 16.1 Å². The van der Waals surface area contributed by atoms with Crippen LogP contribution >= 0.6 is 0 Å². The van der Waals surface area contributed by atoms with Crippen molar-refractivity contribution in [1.82, 2.24) is 4.98 Å². The van der Waals surface area contributed by atoms with E-state index in [1.54, 1.807) is 0 Å². The third-order valence-electron chi connectivity index (χ3n) is 3.53. The van der Waals surface area contributed by atoms with E-state index >= 15 is 0 Å². The van der Waals surface area contributed by atoms with Crippen LogP contribution in [0.1, 0.15) is 21.6 Å². The second-order valence-electron chi connectivity index (χ2n) is 5.05. The molecule has 0 aliphatic carbocycles. The van der Waals surface area contributed by atoms with E-state index in [-0.39, 0.29) is 5.69 Å². The molecule has 0 unspecified atom stereocenters. The lowest BCUT2D eigenvalue weighted by molar-refractivity contribution is 0.0692. The van der Waals surface area contributed by atoms with Crippen molar-refractivity contribution in [3.63, 3.8) is 0 Å². The molecule has 2 N–H and O–H groups in total. The Kier molecular flexibility index (Phi) is 2.83. The summed E-state index contributed by atoms with van der Waals surface area (Å²) in [5.74, 6) is -0.933. The normalized spacial score (nSPS) is 10.9. The van der Waals surface area contributed by atoms with Crippen molar-refractivity contribution >= 4 is 16.9 Å². The number of H-pyrrole nitrogens is 1. The van der Waals surface area contributed by atoms with Crippen LogP contribution in [-0.2, 0) is 0 Å². The summed E-state index contributed by atoms with van der Waals surface area (Å²) in [7, 11) is 0. The number of rotatable bonds is 2. The standard InChI is InChI=1S/C17H15NO2/c1-10-8-11(2)15-13(9-10)14(16(18-15)17(19)20)12-6-4-3-5-7-12/h3-9,18H,1-2H3,(H,19,20). The van der Waals surface area contributed by atoms with E-state index in [2.05, 4.69) is 11.1 Å². The summed E-state index contributed by atoms with van der Waals surface area (Å²) in [5, 5.41) is 10.4. The second-order valence-corrected chi connectivity index (χ2v) is 5.05. The number of carbonyl (C=O) groups is 1. The molecule has 0 spiro atoms. The van der Waals surface area contributed by atoms with Gasteiger partial charge >= 0.3 is 5.97 Å². The number of aromatic amines is 1. The van der Waals surface area contributed by atoms with Gasteiger partial charge in [-0.1, -0.05) is 42.0 Å². The molecule has 2 aromatic carbocycles. The first-order valence-corrected chi connectivity index (χ1v) is 6.49. The van der Waals surface area contributed by atoms with Gasteiger partial charge in [0.2, 0.25) is 0 Å². The molecule has 0 amide bonds. The predicted octanol–water partition coefficient (Wildman–Crippen LogP) is 4.15. The Labute approximate surface area is 116 Å². The molecule has 3 aromatic rings. The van der Waals surface area contributed by atoms with Crippen molar-refractivity contribution in [2.75, 3.05) is 0 Å².